The van der Waals surface area contributed by atoms with E-state index in [1.54, 1.807) is 6.26 Å². The molecule has 0 heterocycles. The third kappa shape index (κ3) is 2.86. The molecule has 0 aromatic heterocycles. The van der Waals surface area contributed by atoms with Gasteiger partial charge in [-0.25, -0.2) is 0 Å². The van der Waals surface area contributed by atoms with Crippen molar-refractivity contribution in [3.63, 3.8) is 0 Å². The molecule has 1 saturated carbocycles. The molecule has 3 nitrogen and oxygen atoms in total. The van der Waals surface area contributed by atoms with Gasteiger partial charge >= 0.3 is 0 Å². The molecule has 1 unspecified atom stereocenters. The highest BCUT2D eigenvalue weighted by Gasteiger charge is 2.20. The molecule has 1 fully saturated rings. The SMILES string of the molecule is CS(C1CCCCC1)=P(O)(O)O. The Morgan fingerprint density at radius 3 is 2.00 bits per heavy atom. The summed E-state index contributed by atoms with van der Waals surface area (Å²) in [6.45, 7) is -3.55. The molecular weight excluding hydrogens is 195 g/mol. The van der Waals surface area contributed by atoms with E-state index in [1.807, 2.05) is 0 Å². The largest absolute Gasteiger partial charge is 0.329 e. The van der Waals surface area contributed by atoms with Crippen molar-refractivity contribution in [2.45, 2.75) is 37.4 Å². The van der Waals surface area contributed by atoms with Crippen LogP contribution in [0.25, 0.3) is 0 Å². The molecule has 0 aromatic carbocycles. The van der Waals surface area contributed by atoms with Crippen LogP contribution >= 0.6 is 6.72 Å². The van der Waals surface area contributed by atoms with Crippen molar-refractivity contribution in [2.24, 2.45) is 0 Å². The smallest absolute Gasteiger partial charge is 0.277 e. The monoisotopic (exact) mass is 212 g/mol. The van der Waals surface area contributed by atoms with Crippen LogP contribution in [0.4, 0.5) is 0 Å². The van der Waals surface area contributed by atoms with Gasteiger partial charge in [-0.05, 0) is 19.1 Å². The van der Waals surface area contributed by atoms with Gasteiger partial charge < -0.3 is 14.7 Å². The first-order valence-electron chi connectivity index (χ1n) is 4.24. The van der Waals surface area contributed by atoms with Crippen LogP contribution in [0.5, 0.6) is 0 Å². The minimum Gasteiger partial charge on any atom is -0.329 e. The van der Waals surface area contributed by atoms with Crippen molar-refractivity contribution >= 4 is 16.8 Å². The maximum Gasteiger partial charge on any atom is 0.277 e. The summed E-state index contributed by atoms with van der Waals surface area (Å²) in [6.07, 6.45) is 7.45. The van der Waals surface area contributed by atoms with Gasteiger partial charge in [0.1, 0.15) is 0 Å². The summed E-state index contributed by atoms with van der Waals surface area (Å²) in [7, 11) is -0.596. The normalized spacial score (nSPS) is 24.0. The van der Waals surface area contributed by atoms with Crippen molar-refractivity contribution in [1.82, 2.24) is 0 Å². The van der Waals surface area contributed by atoms with Crippen molar-refractivity contribution in [2.75, 3.05) is 6.26 Å². The summed E-state index contributed by atoms with van der Waals surface area (Å²) in [5.41, 5.74) is 0. The molecule has 0 saturated heterocycles. The fourth-order valence-electron chi connectivity index (χ4n) is 1.61. The average Bonchev–Trinajstić information content (AvgIpc) is 2.03. The Hall–Kier alpha value is 0.660. The van der Waals surface area contributed by atoms with E-state index in [0.717, 1.165) is 12.8 Å². The van der Waals surface area contributed by atoms with Crippen LogP contribution in [0.3, 0.4) is 0 Å². The lowest BCUT2D eigenvalue weighted by Gasteiger charge is -2.25. The minimum absolute atomic E-state index is 0.340. The fourth-order valence-corrected chi connectivity index (χ4v) is 4.85. The topological polar surface area (TPSA) is 60.7 Å². The van der Waals surface area contributed by atoms with Crippen LogP contribution in [0.15, 0.2) is 0 Å². The second kappa shape index (κ2) is 4.25. The van der Waals surface area contributed by atoms with E-state index in [-0.39, 0.29) is 0 Å². The third-order valence-electron chi connectivity index (χ3n) is 2.42. The Kier molecular flexibility index (Phi) is 3.80. The summed E-state index contributed by atoms with van der Waals surface area (Å²) < 4.78 is 0. The second-order valence-electron chi connectivity index (χ2n) is 3.30. The Labute approximate surface area is 75.6 Å². The van der Waals surface area contributed by atoms with Crippen molar-refractivity contribution < 1.29 is 14.7 Å². The maximum atomic E-state index is 9.07. The van der Waals surface area contributed by atoms with Gasteiger partial charge in [-0.15, -0.1) is 10.1 Å². The van der Waals surface area contributed by atoms with Gasteiger partial charge in [0.15, 0.2) is 0 Å². The zero-order chi connectivity index (χ0) is 9.19. The van der Waals surface area contributed by atoms with E-state index in [4.69, 9.17) is 14.7 Å². The Morgan fingerprint density at radius 1 is 1.08 bits per heavy atom. The zero-order valence-electron chi connectivity index (χ0n) is 7.31. The molecule has 74 valence electrons. The lowest BCUT2D eigenvalue weighted by Crippen LogP contribution is -2.18. The molecule has 0 aliphatic heterocycles. The summed E-state index contributed by atoms with van der Waals surface area (Å²) in [6, 6.07) is 0. The summed E-state index contributed by atoms with van der Waals surface area (Å²) in [5, 5.41) is 0.340. The molecule has 0 bridgehead atoms. The maximum absolute atomic E-state index is 9.07. The molecule has 3 N–H and O–H groups in total. The summed E-state index contributed by atoms with van der Waals surface area (Å²) in [4.78, 5) is 27.2. The predicted molar refractivity (Wildman–Crippen MR) is 53.7 cm³/mol. The lowest BCUT2D eigenvalue weighted by atomic mass is 10.0. The van der Waals surface area contributed by atoms with Crippen molar-refractivity contribution in [3.8, 4) is 0 Å². The van der Waals surface area contributed by atoms with E-state index in [1.165, 1.54) is 19.3 Å². The molecule has 5 heteroatoms. The highest BCUT2D eigenvalue weighted by molar-refractivity contribution is 8.27. The van der Waals surface area contributed by atoms with Crippen LogP contribution in [0, 0.1) is 0 Å². The van der Waals surface area contributed by atoms with E-state index >= 15 is 0 Å². The summed E-state index contributed by atoms with van der Waals surface area (Å²) >= 11 is 0. The van der Waals surface area contributed by atoms with Crippen LogP contribution in [-0.2, 0) is 10.1 Å². The quantitative estimate of drug-likeness (QED) is 0.573. The van der Waals surface area contributed by atoms with Crippen LogP contribution in [0.2, 0.25) is 0 Å². The molecule has 1 aliphatic carbocycles. The van der Waals surface area contributed by atoms with Gasteiger partial charge in [0, 0.05) is 5.25 Å². The number of hydrogen-bond donors (Lipinski definition) is 3. The molecule has 0 amide bonds. The molecule has 1 aliphatic rings. The number of rotatable bonds is 1. The second-order valence-corrected chi connectivity index (χ2v) is 9.24. The fraction of sp³-hybridized carbons (Fsp3) is 1.00. The Bertz CT molecular complexity index is 196. The average molecular weight is 212 g/mol. The van der Waals surface area contributed by atoms with Gasteiger partial charge in [-0.3, -0.25) is 0 Å². The molecule has 12 heavy (non-hydrogen) atoms. The predicted octanol–water partition coefficient (Wildman–Crippen LogP) is 1.22. The Morgan fingerprint density at radius 2 is 1.58 bits per heavy atom. The number of hydrogen-bond acceptors (Lipinski definition) is 0. The molecular formula is C7H17O3PS. The molecule has 1 atom stereocenters. The first-order chi connectivity index (χ1) is 5.52. The van der Waals surface area contributed by atoms with Crippen molar-refractivity contribution in [3.05, 3.63) is 0 Å². The molecule has 1 rings (SSSR count). The van der Waals surface area contributed by atoms with Gasteiger partial charge in [-0.2, -0.15) is 0 Å². The minimum atomic E-state index is -3.55. The molecule has 0 aromatic rings. The lowest BCUT2D eigenvalue weighted by molar-refractivity contribution is 0.362. The summed E-state index contributed by atoms with van der Waals surface area (Å²) in [5.74, 6) is 0. The van der Waals surface area contributed by atoms with E-state index in [0.29, 0.717) is 5.25 Å². The van der Waals surface area contributed by atoms with E-state index in [9.17, 15) is 0 Å². The van der Waals surface area contributed by atoms with Gasteiger partial charge in [0.25, 0.3) is 6.72 Å². The van der Waals surface area contributed by atoms with E-state index in [2.05, 4.69) is 0 Å². The van der Waals surface area contributed by atoms with Gasteiger partial charge in [0.2, 0.25) is 0 Å². The van der Waals surface area contributed by atoms with E-state index < -0.39 is 16.8 Å². The zero-order valence-corrected chi connectivity index (χ0v) is 9.02. The highest BCUT2D eigenvalue weighted by Crippen LogP contribution is 2.40. The van der Waals surface area contributed by atoms with Crippen LogP contribution in [0.1, 0.15) is 32.1 Å². The Balaban J connectivity index is 2.69. The first-order valence-corrected chi connectivity index (χ1v) is 8.19. The standard InChI is InChI=1S/C7H17O3PS/c1-12(11(8,9)10)7-5-3-2-4-6-7/h7-10H,2-6H2,1H3. The third-order valence-corrected chi connectivity index (χ3v) is 7.84. The molecule has 0 radical (unpaired) electrons. The van der Waals surface area contributed by atoms with Crippen molar-refractivity contribution in [1.29, 1.82) is 0 Å². The van der Waals surface area contributed by atoms with Gasteiger partial charge in [-0.1, -0.05) is 19.3 Å². The van der Waals surface area contributed by atoms with Gasteiger partial charge in [0.05, 0.1) is 0 Å². The van der Waals surface area contributed by atoms with Crippen LogP contribution < -0.4 is 0 Å². The molecule has 0 spiro atoms. The first kappa shape index (κ1) is 10.7. The highest BCUT2D eigenvalue weighted by atomic mass is 32.5. The van der Waals surface area contributed by atoms with Crippen LogP contribution in [-0.4, -0.2) is 26.2 Å².